The first-order chi connectivity index (χ1) is 8.86. The first-order valence-electron chi connectivity index (χ1n) is 6.86. The summed E-state index contributed by atoms with van der Waals surface area (Å²) in [4.78, 5) is 4.37. The number of rotatable bonds is 0. The van der Waals surface area contributed by atoms with E-state index in [1.807, 2.05) is 13.8 Å². The predicted octanol–water partition coefficient (Wildman–Crippen LogP) is 4.34. The largest absolute Gasteiger partial charge is 0.448 e. The third kappa shape index (κ3) is 2.33. The molecule has 3 rings (SSSR count). The number of nitrogens with zero attached hydrogens (tertiary/aromatic N) is 1. The normalized spacial score (nSPS) is 17.6. The zero-order valence-electron chi connectivity index (χ0n) is 11.4. The van der Waals surface area contributed by atoms with Crippen LogP contribution in [-0.4, -0.2) is 4.98 Å². The molecule has 2 aromatic rings. The van der Waals surface area contributed by atoms with Crippen molar-refractivity contribution in [3.63, 3.8) is 0 Å². The summed E-state index contributed by atoms with van der Waals surface area (Å²) in [6.45, 7) is 6.21. The van der Waals surface area contributed by atoms with E-state index in [1.54, 1.807) is 6.39 Å². The van der Waals surface area contributed by atoms with Gasteiger partial charge in [0.2, 0.25) is 0 Å². The summed E-state index contributed by atoms with van der Waals surface area (Å²) in [7, 11) is 0. The van der Waals surface area contributed by atoms with Crippen LogP contribution in [0.2, 0.25) is 0 Å². The average Bonchev–Trinajstić information content (AvgIpc) is 2.87. The van der Waals surface area contributed by atoms with Crippen molar-refractivity contribution in [2.24, 2.45) is 0 Å². The molecule has 1 aromatic carbocycles. The zero-order chi connectivity index (χ0) is 13.0. The lowest BCUT2D eigenvalue weighted by Crippen LogP contribution is -2.07. The molecule has 2 nitrogen and oxygen atoms in total. The SMILES string of the molecule is CC.CC1c2ccccc2CCCc2ocnc21. The standard InChI is InChI=1S/C14H15NO.C2H6/c1-10-12-7-3-2-5-11(12)6-4-8-13-14(10)15-9-16-13;1-2/h2-3,5,7,9-10H,4,6,8H2,1H3;1-2H3. The Kier molecular flexibility index (Phi) is 4.19. The van der Waals surface area contributed by atoms with Gasteiger partial charge in [0.05, 0.1) is 5.69 Å². The molecule has 1 aliphatic rings. The van der Waals surface area contributed by atoms with Gasteiger partial charge in [-0.3, -0.25) is 0 Å². The van der Waals surface area contributed by atoms with Crippen molar-refractivity contribution in [3.8, 4) is 0 Å². The van der Waals surface area contributed by atoms with Crippen molar-refractivity contribution in [2.75, 3.05) is 0 Å². The van der Waals surface area contributed by atoms with Crippen molar-refractivity contribution in [1.29, 1.82) is 0 Å². The zero-order valence-corrected chi connectivity index (χ0v) is 11.4. The number of benzene rings is 1. The molecule has 1 heterocycles. The van der Waals surface area contributed by atoms with Crippen molar-refractivity contribution < 1.29 is 4.42 Å². The fourth-order valence-electron chi connectivity index (χ4n) is 2.59. The molecule has 2 heteroatoms. The van der Waals surface area contributed by atoms with Crippen LogP contribution in [0, 0.1) is 0 Å². The Balaban J connectivity index is 0.000000574. The van der Waals surface area contributed by atoms with Gasteiger partial charge < -0.3 is 4.42 Å². The highest BCUT2D eigenvalue weighted by atomic mass is 16.3. The average molecular weight is 243 g/mol. The Labute approximate surface area is 109 Å². The molecule has 18 heavy (non-hydrogen) atoms. The van der Waals surface area contributed by atoms with Crippen LogP contribution < -0.4 is 0 Å². The molecule has 0 fully saturated rings. The van der Waals surface area contributed by atoms with Crippen molar-refractivity contribution in [3.05, 3.63) is 53.2 Å². The molecule has 96 valence electrons. The van der Waals surface area contributed by atoms with Crippen LogP contribution in [0.4, 0.5) is 0 Å². The van der Waals surface area contributed by atoms with Gasteiger partial charge in [-0.15, -0.1) is 0 Å². The minimum absolute atomic E-state index is 0.352. The minimum Gasteiger partial charge on any atom is -0.448 e. The van der Waals surface area contributed by atoms with Gasteiger partial charge in [-0.25, -0.2) is 4.98 Å². The van der Waals surface area contributed by atoms with E-state index in [0.29, 0.717) is 5.92 Å². The van der Waals surface area contributed by atoms with E-state index in [0.717, 1.165) is 30.7 Å². The summed E-state index contributed by atoms with van der Waals surface area (Å²) >= 11 is 0. The molecule has 0 radical (unpaired) electrons. The van der Waals surface area contributed by atoms with Crippen molar-refractivity contribution in [1.82, 2.24) is 4.98 Å². The molecule has 0 aliphatic heterocycles. The van der Waals surface area contributed by atoms with Crippen molar-refractivity contribution >= 4 is 0 Å². The van der Waals surface area contributed by atoms with E-state index < -0.39 is 0 Å². The van der Waals surface area contributed by atoms with Crippen LogP contribution in [0.3, 0.4) is 0 Å². The number of aryl methyl sites for hydroxylation is 2. The third-order valence-corrected chi connectivity index (χ3v) is 3.45. The van der Waals surface area contributed by atoms with Gasteiger partial charge in [-0.2, -0.15) is 0 Å². The van der Waals surface area contributed by atoms with Crippen molar-refractivity contribution in [2.45, 2.75) is 46.0 Å². The summed E-state index contributed by atoms with van der Waals surface area (Å²) in [5, 5.41) is 0. The molecule has 0 saturated heterocycles. The number of aromatic nitrogens is 1. The molecular formula is C16H21NO. The second kappa shape index (κ2) is 5.85. The molecule has 0 amide bonds. The quantitative estimate of drug-likeness (QED) is 0.688. The van der Waals surface area contributed by atoms with E-state index in [4.69, 9.17) is 4.42 Å². The highest BCUT2D eigenvalue weighted by Gasteiger charge is 2.21. The fourth-order valence-corrected chi connectivity index (χ4v) is 2.59. The van der Waals surface area contributed by atoms with E-state index in [-0.39, 0.29) is 0 Å². The lowest BCUT2D eigenvalue weighted by atomic mass is 9.87. The van der Waals surface area contributed by atoms with Crippen LogP contribution in [-0.2, 0) is 12.8 Å². The highest BCUT2D eigenvalue weighted by Crippen LogP contribution is 2.31. The number of hydrogen-bond donors (Lipinski definition) is 0. The second-order valence-corrected chi connectivity index (χ2v) is 4.43. The molecular weight excluding hydrogens is 222 g/mol. The maximum atomic E-state index is 5.47. The number of fused-ring (bicyclic) bond motifs is 2. The van der Waals surface area contributed by atoms with E-state index >= 15 is 0 Å². The summed E-state index contributed by atoms with van der Waals surface area (Å²) in [6.07, 6.45) is 4.87. The van der Waals surface area contributed by atoms with Gasteiger partial charge in [0, 0.05) is 12.3 Å². The molecule has 1 unspecified atom stereocenters. The molecule has 0 saturated carbocycles. The fraction of sp³-hybridized carbons (Fsp3) is 0.438. The molecule has 1 aliphatic carbocycles. The Morgan fingerprint density at radius 3 is 2.78 bits per heavy atom. The number of oxazole rings is 1. The topological polar surface area (TPSA) is 26.0 Å². The molecule has 0 bridgehead atoms. The van der Waals surface area contributed by atoms with Crippen LogP contribution in [0.1, 0.15) is 55.7 Å². The summed E-state index contributed by atoms with van der Waals surface area (Å²) in [5.74, 6) is 1.42. The van der Waals surface area contributed by atoms with E-state index in [1.165, 1.54) is 11.1 Å². The minimum atomic E-state index is 0.352. The lowest BCUT2D eigenvalue weighted by Gasteiger charge is -2.18. The maximum Gasteiger partial charge on any atom is 0.181 e. The van der Waals surface area contributed by atoms with Crippen LogP contribution in [0.5, 0.6) is 0 Å². The highest BCUT2D eigenvalue weighted by molar-refractivity contribution is 5.37. The van der Waals surface area contributed by atoms with Gasteiger partial charge in [-0.05, 0) is 24.0 Å². The Bertz CT molecular complexity index is 501. The Morgan fingerprint density at radius 2 is 1.94 bits per heavy atom. The van der Waals surface area contributed by atoms with Crippen LogP contribution in [0.15, 0.2) is 35.1 Å². The maximum absolute atomic E-state index is 5.47. The summed E-state index contributed by atoms with van der Waals surface area (Å²) < 4.78 is 5.47. The number of hydrogen-bond acceptors (Lipinski definition) is 2. The van der Waals surface area contributed by atoms with Gasteiger partial charge in [0.25, 0.3) is 0 Å². The summed E-state index contributed by atoms with van der Waals surface area (Å²) in [5.41, 5.74) is 3.98. The molecule has 1 aromatic heterocycles. The predicted molar refractivity (Wildman–Crippen MR) is 73.8 cm³/mol. The van der Waals surface area contributed by atoms with E-state index in [9.17, 15) is 0 Å². The van der Waals surface area contributed by atoms with Crippen LogP contribution in [0.25, 0.3) is 0 Å². The van der Waals surface area contributed by atoms with Gasteiger partial charge >= 0.3 is 0 Å². The van der Waals surface area contributed by atoms with Crippen LogP contribution >= 0.6 is 0 Å². The Hall–Kier alpha value is -1.57. The third-order valence-electron chi connectivity index (χ3n) is 3.45. The van der Waals surface area contributed by atoms with Gasteiger partial charge in [-0.1, -0.05) is 45.0 Å². The first kappa shape index (κ1) is 12.9. The van der Waals surface area contributed by atoms with E-state index in [2.05, 4.69) is 36.2 Å². The molecule has 0 N–H and O–H groups in total. The van der Waals surface area contributed by atoms with Gasteiger partial charge in [0.15, 0.2) is 6.39 Å². The monoisotopic (exact) mass is 243 g/mol. The Morgan fingerprint density at radius 1 is 1.17 bits per heavy atom. The molecule has 1 atom stereocenters. The second-order valence-electron chi connectivity index (χ2n) is 4.43. The summed E-state index contributed by atoms with van der Waals surface area (Å²) in [6, 6.07) is 8.67. The lowest BCUT2D eigenvalue weighted by molar-refractivity contribution is 0.489. The first-order valence-corrected chi connectivity index (χ1v) is 6.86. The molecule has 0 spiro atoms. The van der Waals surface area contributed by atoms with Gasteiger partial charge in [0.1, 0.15) is 5.76 Å². The smallest absolute Gasteiger partial charge is 0.181 e.